The monoisotopic (exact) mass is 405 g/mol. The summed E-state index contributed by atoms with van der Waals surface area (Å²) >= 11 is 0. The van der Waals surface area contributed by atoms with Crippen LogP contribution in [0.25, 0.3) is 0 Å². The Morgan fingerprint density at radius 1 is 1.00 bits per heavy atom. The molecular weight excluding hydrogens is 370 g/mol. The lowest BCUT2D eigenvalue weighted by Gasteiger charge is -2.33. The van der Waals surface area contributed by atoms with E-state index in [1.807, 2.05) is 12.1 Å². The Kier molecular flexibility index (Phi) is 6.73. The number of hydrogen-bond donors (Lipinski definition) is 1. The van der Waals surface area contributed by atoms with Gasteiger partial charge in [-0.05, 0) is 87.0 Å². The minimum atomic E-state index is -0.0175. The van der Waals surface area contributed by atoms with Crippen LogP contribution in [0.2, 0.25) is 0 Å². The third-order valence-electron chi connectivity index (χ3n) is 6.58. The molecule has 1 N–H and O–H groups in total. The molecule has 2 aromatic rings. The summed E-state index contributed by atoms with van der Waals surface area (Å²) in [6, 6.07) is 16.8. The third-order valence-corrected chi connectivity index (χ3v) is 6.58. The lowest BCUT2D eigenvalue weighted by atomic mass is 9.99. The van der Waals surface area contributed by atoms with Crippen molar-refractivity contribution in [3.63, 3.8) is 0 Å². The van der Waals surface area contributed by atoms with E-state index in [4.69, 9.17) is 0 Å². The molecule has 4 nitrogen and oxygen atoms in total. The normalized spacial score (nSPS) is 20.9. The second-order valence-corrected chi connectivity index (χ2v) is 9.16. The smallest absolute Gasteiger partial charge is 0.251 e. The molecule has 0 aromatic heterocycles. The van der Waals surface area contributed by atoms with Crippen LogP contribution in [-0.2, 0) is 6.54 Å². The topological polar surface area (TPSA) is 35.6 Å². The molecule has 1 amide bonds. The van der Waals surface area contributed by atoms with E-state index < -0.39 is 0 Å². The Bertz CT molecular complexity index is 824. The van der Waals surface area contributed by atoms with Crippen LogP contribution < -0.4 is 10.2 Å². The van der Waals surface area contributed by atoms with Gasteiger partial charge in [0.1, 0.15) is 0 Å². The molecule has 2 aliphatic rings. The van der Waals surface area contributed by atoms with Gasteiger partial charge in [-0.2, -0.15) is 0 Å². The van der Waals surface area contributed by atoms with Crippen molar-refractivity contribution >= 4 is 11.6 Å². The highest BCUT2D eigenvalue weighted by Gasteiger charge is 2.17. The fourth-order valence-corrected chi connectivity index (χ4v) is 4.72. The van der Waals surface area contributed by atoms with E-state index in [2.05, 4.69) is 65.4 Å². The summed E-state index contributed by atoms with van der Waals surface area (Å²) < 4.78 is 0. The van der Waals surface area contributed by atoms with Crippen LogP contribution in [0.15, 0.2) is 48.5 Å². The third kappa shape index (κ3) is 5.23. The first kappa shape index (κ1) is 20.9. The number of piperidine rings is 1. The first-order chi connectivity index (χ1) is 14.6. The standard InChI is InChI=1S/C26H35N3O/c1-20-6-5-17-29(18-20)25-13-11-23(12-14-25)21(2)27-26(30)24-9-7-22(8-10-24)19-28-15-3-4-16-28/h7-14,20-21H,3-6,15-19H2,1-2H3,(H,27,30)/t20-,21+/m0/s1. The summed E-state index contributed by atoms with van der Waals surface area (Å²) in [6.45, 7) is 10.0. The van der Waals surface area contributed by atoms with Crippen LogP contribution in [-0.4, -0.2) is 37.0 Å². The molecule has 160 valence electrons. The highest BCUT2D eigenvalue weighted by atomic mass is 16.1. The second kappa shape index (κ2) is 9.65. The highest BCUT2D eigenvalue weighted by Crippen LogP contribution is 2.25. The molecule has 0 spiro atoms. The molecule has 2 aromatic carbocycles. The van der Waals surface area contributed by atoms with Gasteiger partial charge in [-0.15, -0.1) is 0 Å². The molecule has 2 atom stereocenters. The van der Waals surface area contributed by atoms with Crippen molar-refractivity contribution in [1.82, 2.24) is 10.2 Å². The van der Waals surface area contributed by atoms with Crippen molar-refractivity contribution < 1.29 is 4.79 Å². The SMILES string of the molecule is C[C@H]1CCCN(c2ccc([C@@H](C)NC(=O)c3ccc(CN4CCCC4)cc3)cc2)C1. The maximum atomic E-state index is 12.7. The molecule has 2 saturated heterocycles. The van der Waals surface area contributed by atoms with E-state index in [1.54, 1.807) is 0 Å². The van der Waals surface area contributed by atoms with Gasteiger partial charge in [0.15, 0.2) is 0 Å². The number of carbonyl (C=O) groups is 1. The fourth-order valence-electron chi connectivity index (χ4n) is 4.72. The van der Waals surface area contributed by atoms with Gasteiger partial charge < -0.3 is 10.2 Å². The zero-order chi connectivity index (χ0) is 20.9. The van der Waals surface area contributed by atoms with E-state index in [0.717, 1.165) is 36.7 Å². The lowest BCUT2D eigenvalue weighted by molar-refractivity contribution is 0.0940. The minimum absolute atomic E-state index is 0.0100. The Balaban J connectivity index is 1.32. The van der Waals surface area contributed by atoms with Gasteiger partial charge in [-0.1, -0.05) is 31.2 Å². The summed E-state index contributed by atoms with van der Waals surface area (Å²) in [4.78, 5) is 17.7. The molecule has 4 rings (SSSR count). The van der Waals surface area contributed by atoms with E-state index in [9.17, 15) is 4.79 Å². The van der Waals surface area contributed by atoms with Crippen molar-refractivity contribution in [2.45, 2.75) is 52.1 Å². The summed E-state index contributed by atoms with van der Waals surface area (Å²) in [5.74, 6) is 0.752. The molecule has 0 radical (unpaired) electrons. The van der Waals surface area contributed by atoms with Crippen LogP contribution >= 0.6 is 0 Å². The second-order valence-electron chi connectivity index (χ2n) is 9.16. The fraction of sp³-hybridized carbons (Fsp3) is 0.500. The van der Waals surface area contributed by atoms with Crippen LogP contribution in [0.1, 0.15) is 67.1 Å². The van der Waals surface area contributed by atoms with Gasteiger partial charge in [0.25, 0.3) is 5.91 Å². The summed E-state index contributed by atoms with van der Waals surface area (Å²) in [5, 5.41) is 3.15. The average Bonchev–Trinajstić information content (AvgIpc) is 3.27. The molecular formula is C26H35N3O. The Morgan fingerprint density at radius 2 is 1.70 bits per heavy atom. The molecule has 0 saturated carbocycles. The summed E-state index contributed by atoms with van der Waals surface area (Å²) in [7, 11) is 0. The maximum Gasteiger partial charge on any atom is 0.251 e. The largest absolute Gasteiger partial charge is 0.371 e. The number of benzene rings is 2. The van der Waals surface area contributed by atoms with Crippen LogP contribution in [0.3, 0.4) is 0 Å². The van der Waals surface area contributed by atoms with Crippen molar-refractivity contribution in [2.24, 2.45) is 5.92 Å². The number of nitrogens with zero attached hydrogens (tertiary/aromatic N) is 2. The zero-order valence-corrected chi connectivity index (χ0v) is 18.4. The maximum absolute atomic E-state index is 12.7. The highest BCUT2D eigenvalue weighted by molar-refractivity contribution is 5.94. The van der Waals surface area contributed by atoms with Gasteiger partial charge in [-0.3, -0.25) is 9.69 Å². The Labute approximate surface area is 181 Å². The number of hydrogen-bond acceptors (Lipinski definition) is 3. The molecule has 2 aliphatic heterocycles. The van der Waals surface area contributed by atoms with Gasteiger partial charge in [0, 0.05) is 30.9 Å². The number of carbonyl (C=O) groups excluding carboxylic acids is 1. The first-order valence-electron chi connectivity index (χ1n) is 11.6. The average molecular weight is 406 g/mol. The van der Waals surface area contributed by atoms with Gasteiger partial charge in [0.2, 0.25) is 0 Å². The molecule has 30 heavy (non-hydrogen) atoms. The molecule has 4 heteroatoms. The molecule has 0 bridgehead atoms. The molecule has 2 fully saturated rings. The van der Waals surface area contributed by atoms with E-state index >= 15 is 0 Å². The molecule has 0 aliphatic carbocycles. The Morgan fingerprint density at radius 3 is 2.37 bits per heavy atom. The predicted molar refractivity (Wildman–Crippen MR) is 124 cm³/mol. The van der Waals surface area contributed by atoms with Crippen LogP contribution in [0, 0.1) is 5.92 Å². The number of amides is 1. The first-order valence-corrected chi connectivity index (χ1v) is 11.6. The quantitative estimate of drug-likeness (QED) is 0.734. The Hall–Kier alpha value is -2.33. The van der Waals surface area contributed by atoms with Crippen LogP contribution in [0.4, 0.5) is 5.69 Å². The van der Waals surface area contributed by atoms with Gasteiger partial charge in [0.05, 0.1) is 6.04 Å². The van der Waals surface area contributed by atoms with Gasteiger partial charge in [-0.25, -0.2) is 0 Å². The number of nitrogens with one attached hydrogen (secondary N) is 1. The van der Waals surface area contributed by atoms with Crippen molar-refractivity contribution in [3.8, 4) is 0 Å². The van der Waals surface area contributed by atoms with Gasteiger partial charge >= 0.3 is 0 Å². The number of anilines is 1. The van der Waals surface area contributed by atoms with Crippen molar-refractivity contribution in [3.05, 3.63) is 65.2 Å². The predicted octanol–water partition coefficient (Wildman–Crippen LogP) is 5.01. The van der Waals surface area contributed by atoms with E-state index in [1.165, 1.54) is 50.0 Å². The van der Waals surface area contributed by atoms with Crippen molar-refractivity contribution in [1.29, 1.82) is 0 Å². The van der Waals surface area contributed by atoms with Crippen molar-refractivity contribution in [2.75, 3.05) is 31.1 Å². The number of rotatable bonds is 6. The van der Waals surface area contributed by atoms with E-state index in [-0.39, 0.29) is 11.9 Å². The number of likely N-dealkylation sites (tertiary alicyclic amines) is 1. The molecule has 2 heterocycles. The lowest BCUT2D eigenvalue weighted by Crippen LogP contribution is -2.34. The summed E-state index contributed by atoms with van der Waals surface area (Å²) in [5.41, 5.74) is 4.44. The zero-order valence-electron chi connectivity index (χ0n) is 18.4. The summed E-state index contributed by atoms with van der Waals surface area (Å²) in [6.07, 6.45) is 5.20. The molecule has 0 unspecified atom stereocenters. The van der Waals surface area contributed by atoms with E-state index in [0.29, 0.717) is 0 Å². The van der Waals surface area contributed by atoms with Crippen LogP contribution in [0.5, 0.6) is 0 Å². The minimum Gasteiger partial charge on any atom is -0.371 e.